The van der Waals surface area contributed by atoms with Crippen LogP contribution in [0.25, 0.3) is 0 Å². The molecule has 0 bridgehead atoms. The van der Waals surface area contributed by atoms with Crippen LogP contribution in [0.5, 0.6) is 0 Å². The van der Waals surface area contributed by atoms with Crippen LogP contribution in [-0.2, 0) is 19.1 Å². The van der Waals surface area contributed by atoms with Crippen molar-refractivity contribution < 1.29 is 73.0 Å². The number of likely N-dealkylation sites (N-methyl/N-ethyl adjacent to an activating group) is 2. The van der Waals surface area contributed by atoms with Crippen LogP contribution in [0, 0.1) is 17.3 Å². The number of carbonyl (C=O) groups excluding carboxylic acids is 3. The minimum atomic E-state index is -1.32. The monoisotopic (exact) mass is 644 g/mol. The summed E-state index contributed by atoms with van der Waals surface area (Å²) in [7, 11) is 9.80. The van der Waals surface area contributed by atoms with Crippen LogP contribution in [0.1, 0.15) is 107 Å². The molecule has 0 rings (SSSR count). The second-order valence-corrected chi connectivity index (χ2v) is 11.2. The first-order valence-corrected chi connectivity index (χ1v) is 11.5. The number of aliphatic hydroxyl groups excluding tert-OH is 2. The Balaban J connectivity index is -0.000000114. The summed E-state index contributed by atoms with van der Waals surface area (Å²) in [5.74, 6) is -3.85. The predicted octanol–water partition coefficient (Wildman–Crippen LogP) is 1.67. The predicted molar refractivity (Wildman–Crippen MR) is 183 cm³/mol. The van der Waals surface area contributed by atoms with Crippen molar-refractivity contribution in [3.8, 4) is 0 Å². The summed E-state index contributed by atoms with van der Waals surface area (Å²) in [5, 5.41) is 33.8. The van der Waals surface area contributed by atoms with E-state index < -0.39 is 35.3 Å². The number of amides is 1. The van der Waals surface area contributed by atoms with Crippen molar-refractivity contribution in [2.45, 2.75) is 113 Å². The Morgan fingerprint density at radius 2 is 1.30 bits per heavy atom. The average molecular weight is 644 g/mol. The Morgan fingerprint density at radius 3 is 1.65 bits per heavy atom. The molecule has 10 nitrogen and oxygen atoms in total. The summed E-state index contributed by atoms with van der Waals surface area (Å²) >= 11 is 0. The van der Waals surface area contributed by atoms with Crippen LogP contribution in [0.3, 0.4) is 0 Å². The van der Waals surface area contributed by atoms with E-state index in [0.717, 1.165) is 0 Å². The van der Waals surface area contributed by atoms with Gasteiger partial charge in [0.15, 0.2) is 12.8 Å². The molecule has 11 heteroatoms. The van der Waals surface area contributed by atoms with Gasteiger partial charge in [0, 0.05) is 17.3 Å². The van der Waals surface area contributed by atoms with Crippen molar-refractivity contribution in [1.82, 2.24) is 5.32 Å². The fourth-order valence-electron chi connectivity index (χ4n) is 3.86. The van der Waals surface area contributed by atoms with Gasteiger partial charge in [-0.05, 0) is 19.3 Å². The van der Waals surface area contributed by atoms with Gasteiger partial charge in [0.2, 0.25) is 5.91 Å². The van der Waals surface area contributed by atoms with Crippen LogP contribution < -0.4 is 40.0 Å². The molecule has 0 heterocycles. The maximum Gasteiger partial charge on any atom is 1.00 e. The molecule has 1 amide bonds. The number of hydrogen-bond acceptors (Lipinski definition) is 7. The molecule has 3 N–H and O–H groups in total. The Labute approximate surface area is 293 Å². The zero-order valence-corrected chi connectivity index (χ0v) is 24.7. The molecule has 3 unspecified atom stereocenters. The first kappa shape index (κ1) is 73.6. The summed E-state index contributed by atoms with van der Waals surface area (Å²) in [6, 6.07) is 0. The number of ether oxygens (including phenoxy) is 1. The zero-order chi connectivity index (χ0) is 26.0. The van der Waals surface area contributed by atoms with E-state index in [1.165, 1.54) is 0 Å². The molecule has 0 aromatic rings. The SMILES string of the molecule is C.C.C.C.C.C.C.C.C.CCC(CC(CC(C)(C)C(=O)NC[N+](C)(C)CC(O)C[N+](C)(C)C)C(=O)[O-])C(=O)OCCO.[Na+]. The van der Waals surface area contributed by atoms with Gasteiger partial charge in [-0.25, -0.2) is 0 Å². The van der Waals surface area contributed by atoms with E-state index >= 15 is 0 Å². The number of esters is 1. The number of rotatable bonds is 16. The summed E-state index contributed by atoms with van der Waals surface area (Å²) in [6.07, 6.45) is -0.160. The third-order valence-electron chi connectivity index (χ3n) is 5.57. The third-order valence-corrected chi connectivity index (χ3v) is 5.57. The molecular formula is C32H82N3NaO7+2. The number of aliphatic carboxylic acids is 1. The molecule has 0 saturated heterocycles. The minimum absolute atomic E-state index is 0. The number of quaternary nitrogens is 2. The first-order valence-electron chi connectivity index (χ1n) is 11.5. The van der Waals surface area contributed by atoms with Crippen LogP contribution in [0.15, 0.2) is 0 Å². The smallest absolute Gasteiger partial charge is 0.550 e. The molecule has 0 aliphatic carbocycles. The standard InChI is InChI=1S/C23H45N3O7.9CH4.Na/c1-9-17(21(31)33-11-10-27)12-18(20(29)30)13-23(2,3)22(32)24-16-26(7,8)15-19(28)14-25(4,5)6;;;;;;;;;;/h17-19,27-28H,9-16H2,1-8H3;9*1H4;/q;;;;;;;;;;+1/p+1. The summed E-state index contributed by atoms with van der Waals surface area (Å²) in [5.41, 5.74) is -1.01. The van der Waals surface area contributed by atoms with E-state index in [4.69, 9.17) is 9.84 Å². The second-order valence-electron chi connectivity index (χ2n) is 11.2. The van der Waals surface area contributed by atoms with Crippen molar-refractivity contribution in [2.24, 2.45) is 17.3 Å². The van der Waals surface area contributed by atoms with Gasteiger partial charge in [-0.15, -0.1) is 0 Å². The second kappa shape index (κ2) is 32.6. The topological polar surface area (TPSA) is 136 Å². The van der Waals surface area contributed by atoms with E-state index in [0.29, 0.717) is 28.5 Å². The quantitative estimate of drug-likeness (QED) is 0.101. The average Bonchev–Trinajstić information content (AvgIpc) is 2.64. The van der Waals surface area contributed by atoms with Crippen molar-refractivity contribution in [1.29, 1.82) is 0 Å². The fraction of sp³-hybridized carbons (Fsp3) is 0.906. The van der Waals surface area contributed by atoms with Crippen molar-refractivity contribution in [3.63, 3.8) is 0 Å². The van der Waals surface area contributed by atoms with Crippen LogP contribution in [0.4, 0.5) is 0 Å². The molecule has 0 aliphatic rings. The van der Waals surface area contributed by atoms with E-state index in [1.807, 2.05) is 35.2 Å². The van der Waals surface area contributed by atoms with Gasteiger partial charge < -0.3 is 39.1 Å². The maximum absolute atomic E-state index is 12.9. The van der Waals surface area contributed by atoms with E-state index in [1.54, 1.807) is 20.8 Å². The van der Waals surface area contributed by atoms with Gasteiger partial charge >= 0.3 is 35.5 Å². The van der Waals surface area contributed by atoms with Crippen molar-refractivity contribution >= 4 is 17.8 Å². The molecule has 0 aromatic carbocycles. The van der Waals surface area contributed by atoms with Crippen LogP contribution in [0.2, 0.25) is 0 Å². The van der Waals surface area contributed by atoms with E-state index in [2.05, 4.69) is 5.32 Å². The summed E-state index contributed by atoms with van der Waals surface area (Å²) < 4.78 is 5.92. The molecule has 3 atom stereocenters. The third kappa shape index (κ3) is 32.5. The molecule has 0 radical (unpaired) electrons. The Kier molecular flexibility index (Phi) is 55.9. The number of carbonyl (C=O) groups is 3. The van der Waals surface area contributed by atoms with Gasteiger partial charge in [-0.3, -0.25) is 9.59 Å². The maximum atomic E-state index is 12.9. The zero-order valence-electron chi connectivity index (χ0n) is 22.7. The molecule has 0 aromatic heterocycles. The van der Waals surface area contributed by atoms with E-state index in [9.17, 15) is 24.6 Å². The molecule has 0 aliphatic heterocycles. The molecule has 0 spiro atoms. The number of nitrogens with one attached hydrogen (secondary N) is 1. The number of nitrogens with zero attached hydrogens (tertiary/aromatic N) is 2. The van der Waals surface area contributed by atoms with Crippen LogP contribution in [-0.4, -0.2) is 111 Å². The van der Waals surface area contributed by atoms with Gasteiger partial charge in [-0.1, -0.05) is 87.6 Å². The van der Waals surface area contributed by atoms with Gasteiger partial charge in [0.1, 0.15) is 19.7 Å². The molecule has 266 valence electrons. The van der Waals surface area contributed by atoms with Crippen LogP contribution >= 0.6 is 0 Å². The van der Waals surface area contributed by atoms with Crippen molar-refractivity contribution in [3.05, 3.63) is 0 Å². The Hall–Kier alpha value is -0.750. The Morgan fingerprint density at radius 1 is 0.860 bits per heavy atom. The summed E-state index contributed by atoms with van der Waals surface area (Å²) in [6.45, 7) is 5.93. The number of carboxylic acid groups (broad SMARTS) is 1. The Bertz CT molecular complexity index is 655. The molecule has 0 saturated carbocycles. The van der Waals surface area contributed by atoms with Gasteiger partial charge in [0.05, 0.1) is 47.8 Å². The van der Waals surface area contributed by atoms with Gasteiger partial charge in [-0.2, -0.15) is 0 Å². The van der Waals surface area contributed by atoms with Crippen molar-refractivity contribution in [2.75, 3.05) is 68.2 Å². The number of aliphatic hydroxyl groups is 2. The molecule has 0 fully saturated rings. The summed E-state index contributed by atoms with van der Waals surface area (Å²) in [4.78, 5) is 36.8. The van der Waals surface area contributed by atoms with E-state index in [-0.39, 0.29) is 135 Å². The minimum Gasteiger partial charge on any atom is -0.550 e. The number of hydrogen-bond donors (Lipinski definition) is 3. The largest absolute Gasteiger partial charge is 1.00 e. The molecular weight excluding hydrogens is 561 g/mol. The molecule has 43 heavy (non-hydrogen) atoms. The normalized spacial score (nSPS) is 11.9. The number of carboxylic acids is 1. The van der Waals surface area contributed by atoms with Gasteiger partial charge in [0.25, 0.3) is 0 Å². The fourth-order valence-corrected chi connectivity index (χ4v) is 3.86. The first-order chi connectivity index (χ1) is 14.9.